The fourth-order valence-electron chi connectivity index (χ4n) is 3.14. The molecular weight excluding hydrogens is 446 g/mol. The third-order valence-electron chi connectivity index (χ3n) is 4.89. The second kappa shape index (κ2) is 9.07. The minimum absolute atomic E-state index is 0.125. The van der Waals surface area contributed by atoms with Crippen molar-refractivity contribution < 1.29 is 17.9 Å². The first kappa shape index (κ1) is 21.9. The van der Waals surface area contributed by atoms with Crippen LogP contribution in [0, 0.1) is 0 Å². The van der Waals surface area contributed by atoms with Crippen molar-refractivity contribution in [1.82, 2.24) is 9.29 Å². The van der Waals surface area contributed by atoms with Gasteiger partial charge in [0.1, 0.15) is 5.75 Å². The number of hydrogen-bond acceptors (Lipinski definition) is 6. The standard InChI is InChI=1S/C23H21N3O4S2/c1-26(15-16-6-4-3-5-7-16)32(28,29)19-11-8-17(9-12-19)22(27)25-23-24-20-13-10-18(30-2)14-21(20)31-23/h3-14H,15H2,1-2H3,(H,24,25,27). The molecule has 0 radical (unpaired) electrons. The van der Waals surface area contributed by atoms with Crippen LogP contribution >= 0.6 is 11.3 Å². The Labute approximate surface area is 190 Å². The zero-order valence-electron chi connectivity index (χ0n) is 17.5. The maximum Gasteiger partial charge on any atom is 0.257 e. The van der Waals surface area contributed by atoms with Gasteiger partial charge < -0.3 is 4.74 Å². The summed E-state index contributed by atoms with van der Waals surface area (Å²) in [4.78, 5) is 17.1. The van der Waals surface area contributed by atoms with E-state index in [0.717, 1.165) is 15.8 Å². The molecule has 0 unspecified atom stereocenters. The maximum atomic E-state index is 12.9. The number of thiazole rings is 1. The minimum atomic E-state index is -3.68. The van der Waals surface area contributed by atoms with Crippen LogP contribution in [-0.4, -0.2) is 37.8 Å². The van der Waals surface area contributed by atoms with E-state index in [1.54, 1.807) is 7.11 Å². The summed E-state index contributed by atoms with van der Waals surface area (Å²) in [5.74, 6) is 0.352. The Hall–Kier alpha value is -3.27. The van der Waals surface area contributed by atoms with Gasteiger partial charge in [0.05, 0.1) is 22.2 Å². The zero-order chi connectivity index (χ0) is 22.7. The first-order valence-electron chi connectivity index (χ1n) is 9.73. The van der Waals surface area contributed by atoms with E-state index in [0.29, 0.717) is 16.4 Å². The molecule has 4 rings (SSSR count). The van der Waals surface area contributed by atoms with Gasteiger partial charge in [-0.3, -0.25) is 10.1 Å². The molecule has 1 aromatic heterocycles. The van der Waals surface area contributed by atoms with Crippen molar-refractivity contribution in [2.24, 2.45) is 0 Å². The highest BCUT2D eigenvalue weighted by molar-refractivity contribution is 7.89. The van der Waals surface area contributed by atoms with E-state index in [9.17, 15) is 13.2 Å². The van der Waals surface area contributed by atoms with E-state index in [1.807, 2.05) is 48.5 Å². The first-order valence-corrected chi connectivity index (χ1v) is 12.0. The third-order valence-corrected chi connectivity index (χ3v) is 7.64. The number of anilines is 1. The molecule has 0 atom stereocenters. The van der Waals surface area contributed by atoms with E-state index in [-0.39, 0.29) is 17.3 Å². The number of carbonyl (C=O) groups is 1. The molecule has 0 fully saturated rings. The molecule has 0 aliphatic rings. The number of benzene rings is 3. The summed E-state index contributed by atoms with van der Waals surface area (Å²) in [7, 11) is -0.559. The van der Waals surface area contributed by atoms with Gasteiger partial charge in [0, 0.05) is 19.2 Å². The zero-order valence-corrected chi connectivity index (χ0v) is 19.1. The van der Waals surface area contributed by atoms with E-state index in [4.69, 9.17) is 4.74 Å². The molecule has 1 amide bonds. The summed E-state index contributed by atoms with van der Waals surface area (Å²) in [5, 5.41) is 3.22. The molecule has 0 saturated carbocycles. The number of aromatic nitrogens is 1. The van der Waals surface area contributed by atoms with Crippen molar-refractivity contribution >= 4 is 42.6 Å². The number of nitrogens with zero attached hydrogens (tertiary/aromatic N) is 2. The Morgan fingerprint density at radius 3 is 2.47 bits per heavy atom. The highest BCUT2D eigenvalue weighted by Gasteiger charge is 2.21. The summed E-state index contributed by atoms with van der Waals surface area (Å²) >= 11 is 1.34. The van der Waals surface area contributed by atoms with Crippen LogP contribution in [0.2, 0.25) is 0 Å². The van der Waals surface area contributed by atoms with Crippen molar-refractivity contribution in [1.29, 1.82) is 0 Å². The van der Waals surface area contributed by atoms with Crippen molar-refractivity contribution in [3.05, 3.63) is 83.9 Å². The molecule has 1 heterocycles. The summed E-state index contributed by atoms with van der Waals surface area (Å²) in [6.45, 7) is 0.258. The van der Waals surface area contributed by atoms with Gasteiger partial charge in [-0.05, 0) is 48.0 Å². The van der Waals surface area contributed by atoms with Crippen LogP contribution in [0.3, 0.4) is 0 Å². The lowest BCUT2D eigenvalue weighted by Gasteiger charge is -2.17. The van der Waals surface area contributed by atoms with E-state index >= 15 is 0 Å². The predicted octanol–water partition coefficient (Wildman–Crippen LogP) is 4.38. The van der Waals surface area contributed by atoms with E-state index in [2.05, 4.69) is 10.3 Å². The second-order valence-electron chi connectivity index (χ2n) is 7.08. The number of amides is 1. The van der Waals surface area contributed by atoms with Crippen LogP contribution in [0.5, 0.6) is 5.75 Å². The van der Waals surface area contributed by atoms with Crippen molar-refractivity contribution in [2.75, 3.05) is 19.5 Å². The number of nitrogens with one attached hydrogen (secondary N) is 1. The smallest absolute Gasteiger partial charge is 0.257 e. The fraction of sp³-hybridized carbons (Fsp3) is 0.130. The van der Waals surface area contributed by atoms with Crippen LogP contribution in [0.1, 0.15) is 15.9 Å². The SMILES string of the molecule is COc1ccc2nc(NC(=O)c3ccc(S(=O)(=O)N(C)Cc4ccccc4)cc3)sc2c1. The molecule has 32 heavy (non-hydrogen) atoms. The highest BCUT2D eigenvalue weighted by Crippen LogP contribution is 2.29. The fourth-order valence-corrected chi connectivity index (χ4v) is 5.19. The number of ether oxygens (including phenoxy) is 1. The monoisotopic (exact) mass is 467 g/mol. The maximum absolute atomic E-state index is 12.9. The topological polar surface area (TPSA) is 88.6 Å². The van der Waals surface area contributed by atoms with Gasteiger partial charge in [-0.25, -0.2) is 13.4 Å². The largest absolute Gasteiger partial charge is 0.497 e. The number of carbonyl (C=O) groups excluding carboxylic acids is 1. The van der Waals surface area contributed by atoms with Gasteiger partial charge in [0.25, 0.3) is 5.91 Å². The molecule has 0 saturated heterocycles. The molecule has 0 bridgehead atoms. The summed E-state index contributed by atoms with van der Waals surface area (Å²) in [6, 6.07) is 20.7. The first-order chi connectivity index (χ1) is 15.4. The van der Waals surface area contributed by atoms with Crippen LogP contribution in [0.25, 0.3) is 10.2 Å². The van der Waals surface area contributed by atoms with E-state index in [1.165, 1.54) is 47.0 Å². The molecule has 164 valence electrons. The Morgan fingerprint density at radius 1 is 1.06 bits per heavy atom. The summed E-state index contributed by atoms with van der Waals surface area (Å²) in [5.41, 5.74) is 1.99. The number of hydrogen-bond donors (Lipinski definition) is 1. The molecule has 9 heteroatoms. The molecule has 4 aromatic rings. The Kier molecular flexibility index (Phi) is 6.22. The van der Waals surface area contributed by atoms with Gasteiger partial charge in [-0.2, -0.15) is 4.31 Å². The average molecular weight is 468 g/mol. The Balaban J connectivity index is 1.47. The van der Waals surface area contributed by atoms with Crippen molar-refractivity contribution in [3.8, 4) is 5.75 Å². The van der Waals surface area contributed by atoms with Crippen molar-refractivity contribution in [3.63, 3.8) is 0 Å². The molecule has 0 aliphatic carbocycles. The quantitative estimate of drug-likeness (QED) is 0.436. The van der Waals surface area contributed by atoms with Crippen LogP contribution in [0.4, 0.5) is 5.13 Å². The van der Waals surface area contributed by atoms with Crippen LogP contribution < -0.4 is 10.1 Å². The second-order valence-corrected chi connectivity index (χ2v) is 10.2. The number of methoxy groups -OCH3 is 1. The Bertz CT molecular complexity index is 1350. The lowest BCUT2D eigenvalue weighted by atomic mass is 10.2. The van der Waals surface area contributed by atoms with Gasteiger partial charge >= 0.3 is 0 Å². The average Bonchev–Trinajstić information content (AvgIpc) is 3.21. The normalized spacial score (nSPS) is 11.6. The van der Waals surface area contributed by atoms with Gasteiger partial charge in [-0.15, -0.1) is 0 Å². The third kappa shape index (κ3) is 4.64. The summed E-state index contributed by atoms with van der Waals surface area (Å²) < 4.78 is 33.1. The molecule has 0 aliphatic heterocycles. The predicted molar refractivity (Wildman–Crippen MR) is 126 cm³/mol. The number of rotatable bonds is 7. The van der Waals surface area contributed by atoms with Gasteiger partial charge in [0.2, 0.25) is 10.0 Å². The molecule has 1 N–H and O–H groups in total. The van der Waals surface area contributed by atoms with Crippen LogP contribution in [-0.2, 0) is 16.6 Å². The Morgan fingerprint density at radius 2 is 1.78 bits per heavy atom. The van der Waals surface area contributed by atoms with Gasteiger partial charge in [-0.1, -0.05) is 41.7 Å². The van der Waals surface area contributed by atoms with Gasteiger partial charge in [0.15, 0.2) is 5.13 Å². The molecular formula is C23H21N3O4S2. The number of fused-ring (bicyclic) bond motifs is 1. The van der Waals surface area contributed by atoms with Crippen molar-refractivity contribution in [2.45, 2.75) is 11.4 Å². The van der Waals surface area contributed by atoms with E-state index < -0.39 is 10.0 Å². The lowest BCUT2D eigenvalue weighted by molar-refractivity contribution is 0.102. The molecule has 0 spiro atoms. The summed E-state index contributed by atoms with van der Waals surface area (Å²) in [6.07, 6.45) is 0. The molecule has 3 aromatic carbocycles. The van der Waals surface area contributed by atoms with Crippen LogP contribution in [0.15, 0.2) is 77.7 Å². The highest BCUT2D eigenvalue weighted by atomic mass is 32.2. The minimum Gasteiger partial charge on any atom is -0.497 e. The molecule has 7 nitrogen and oxygen atoms in total. The number of sulfonamides is 1. The lowest BCUT2D eigenvalue weighted by Crippen LogP contribution is -2.26.